The predicted octanol–water partition coefficient (Wildman–Crippen LogP) is 1.86. The molecule has 2 bridgehead atoms. The molecule has 2 aliphatic carbocycles. The Morgan fingerprint density at radius 1 is 1.11 bits per heavy atom. The number of carbonyl (C=O) groups excluding carboxylic acids is 3. The first-order chi connectivity index (χ1) is 17.9. The molecule has 1 aromatic carbocycles. The van der Waals surface area contributed by atoms with Crippen LogP contribution in [0.15, 0.2) is 34.1 Å². The molecular formula is C26H27N3O6S2. The lowest BCUT2D eigenvalue weighted by Crippen LogP contribution is -2.52. The highest BCUT2D eigenvalue weighted by Gasteiger charge is 2.70. The number of aromatic nitrogens is 1. The summed E-state index contributed by atoms with van der Waals surface area (Å²) >= 11 is 2.77. The summed E-state index contributed by atoms with van der Waals surface area (Å²) in [5, 5.41) is 11.6. The lowest BCUT2D eigenvalue weighted by molar-refractivity contribution is -0.153. The third kappa shape index (κ3) is 3.26. The number of rotatable bonds is 3. The monoisotopic (exact) mass is 541 g/mol. The van der Waals surface area contributed by atoms with E-state index in [0.29, 0.717) is 26.3 Å². The van der Waals surface area contributed by atoms with Gasteiger partial charge in [0.05, 0.1) is 30.1 Å². The van der Waals surface area contributed by atoms with E-state index in [4.69, 9.17) is 4.74 Å². The highest BCUT2D eigenvalue weighted by atomic mass is 32.2. The molecule has 5 aliphatic rings. The van der Waals surface area contributed by atoms with Crippen molar-refractivity contribution in [1.29, 1.82) is 0 Å². The number of phenolic OH excluding ortho intramolecular Hbond substituents is 1. The van der Waals surface area contributed by atoms with E-state index >= 15 is 0 Å². The molecule has 9 nitrogen and oxygen atoms in total. The van der Waals surface area contributed by atoms with Gasteiger partial charge in [-0.3, -0.25) is 24.1 Å². The van der Waals surface area contributed by atoms with Gasteiger partial charge in [0.25, 0.3) is 0 Å². The Morgan fingerprint density at radius 2 is 1.81 bits per heavy atom. The summed E-state index contributed by atoms with van der Waals surface area (Å²) in [6.07, 6.45) is 0.762. The minimum absolute atomic E-state index is 0.00505. The topological polar surface area (TPSA) is 120 Å². The zero-order valence-corrected chi connectivity index (χ0v) is 21.8. The van der Waals surface area contributed by atoms with Crippen LogP contribution in [0.4, 0.5) is 0 Å². The number of nitrogens with one attached hydrogen (secondary N) is 1. The molecule has 2 N–H and O–H groups in total. The van der Waals surface area contributed by atoms with Gasteiger partial charge < -0.3 is 19.7 Å². The number of thiazole rings is 1. The van der Waals surface area contributed by atoms with Crippen molar-refractivity contribution < 1.29 is 24.2 Å². The molecule has 2 saturated carbocycles. The fourth-order valence-electron chi connectivity index (χ4n) is 7.68. The van der Waals surface area contributed by atoms with Crippen molar-refractivity contribution in [3.05, 3.63) is 44.4 Å². The zero-order valence-electron chi connectivity index (χ0n) is 20.2. The van der Waals surface area contributed by atoms with Crippen LogP contribution in [0.3, 0.4) is 0 Å². The summed E-state index contributed by atoms with van der Waals surface area (Å²) in [5.41, 5.74) is 0.753. The summed E-state index contributed by atoms with van der Waals surface area (Å²) in [5.74, 6) is -1.74. The lowest BCUT2D eigenvalue weighted by atomic mass is 9.68. The maximum atomic E-state index is 13.9. The molecule has 7 rings (SSSR count). The molecule has 3 aliphatic heterocycles. The number of morpholine rings is 1. The van der Waals surface area contributed by atoms with Gasteiger partial charge in [-0.25, -0.2) is 0 Å². The number of likely N-dealkylation sites (tertiary alicyclic amines) is 1. The molecule has 4 heterocycles. The maximum Gasteiger partial charge on any atom is 0.305 e. The molecule has 8 unspecified atom stereocenters. The second-order valence-electron chi connectivity index (χ2n) is 10.7. The number of imide groups is 1. The number of amides is 3. The Kier molecular flexibility index (Phi) is 5.36. The predicted molar refractivity (Wildman–Crippen MR) is 135 cm³/mol. The van der Waals surface area contributed by atoms with Crippen LogP contribution in [-0.4, -0.2) is 75.2 Å². The molecule has 3 amide bonds. The summed E-state index contributed by atoms with van der Waals surface area (Å²) in [4.78, 5) is 59.8. The zero-order chi connectivity index (χ0) is 25.6. The third-order valence-corrected chi connectivity index (χ3v) is 11.7. The van der Waals surface area contributed by atoms with Crippen LogP contribution in [0.25, 0.3) is 0 Å². The van der Waals surface area contributed by atoms with Gasteiger partial charge in [-0.1, -0.05) is 29.5 Å². The van der Waals surface area contributed by atoms with Gasteiger partial charge in [-0.15, -0.1) is 11.8 Å². The molecule has 0 radical (unpaired) electrons. The molecule has 194 valence electrons. The lowest BCUT2D eigenvalue weighted by Gasteiger charge is -2.43. The number of hydrogen-bond donors (Lipinski definition) is 2. The highest BCUT2D eigenvalue weighted by molar-refractivity contribution is 8.00. The standard InChI is InChI=1S/C26H27N3O6S2/c1-11(23(31)28-6-8-35-9-7-28)29-24(32)18-13-10-14(19(18)25(29)33)20-17(13)16(12-4-2-3-5-15(12)30)21-22(36-20)27-26(34)37-21/h2-5,11,13-14,16-20,30H,6-10H2,1H3,(H,27,34). The molecule has 0 spiro atoms. The van der Waals surface area contributed by atoms with Gasteiger partial charge in [0.2, 0.25) is 17.7 Å². The van der Waals surface area contributed by atoms with Crippen LogP contribution in [0.1, 0.15) is 29.7 Å². The number of para-hydroxylation sites is 1. The molecule has 8 atom stereocenters. The van der Waals surface area contributed by atoms with Gasteiger partial charge >= 0.3 is 4.87 Å². The SMILES string of the molecule is CC(C(=O)N1CCOCC1)N1C(=O)C2C3CC(C2C1=O)C1C(c2ccccc2O)c2sc(=O)[nH]c2SC31. The van der Waals surface area contributed by atoms with E-state index in [0.717, 1.165) is 33.2 Å². The van der Waals surface area contributed by atoms with E-state index in [9.17, 15) is 24.3 Å². The average Bonchev–Trinajstić information content (AvgIpc) is 3.63. The van der Waals surface area contributed by atoms with Gasteiger partial charge in [0.15, 0.2) is 0 Å². The van der Waals surface area contributed by atoms with Crippen molar-refractivity contribution >= 4 is 40.8 Å². The summed E-state index contributed by atoms with van der Waals surface area (Å²) in [6.45, 7) is 3.49. The van der Waals surface area contributed by atoms with Gasteiger partial charge in [0, 0.05) is 34.7 Å². The van der Waals surface area contributed by atoms with Crippen molar-refractivity contribution in [2.45, 2.75) is 35.6 Å². The number of aromatic amines is 1. The maximum absolute atomic E-state index is 13.9. The normalized spacial score (nSPS) is 34.9. The molecule has 37 heavy (non-hydrogen) atoms. The van der Waals surface area contributed by atoms with Gasteiger partial charge in [-0.2, -0.15) is 0 Å². The van der Waals surface area contributed by atoms with E-state index in [1.807, 2.05) is 12.1 Å². The van der Waals surface area contributed by atoms with Crippen LogP contribution in [-0.2, 0) is 19.1 Å². The molecule has 1 aromatic heterocycles. The molecule has 2 aromatic rings. The Hall–Kier alpha value is -2.63. The number of H-pyrrole nitrogens is 1. The summed E-state index contributed by atoms with van der Waals surface area (Å²) < 4.78 is 5.35. The fourth-order valence-corrected chi connectivity index (χ4v) is 10.6. The van der Waals surface area contributed by atoms with E-state index in [2.05, 4.69) is 4.98 Å². The summed E-state index contributed by atoms with van der Waals surface area (Å²) in [7, 11) is 0. The molecule has 11 heteroatoms. The van der Waals surface area contributed by atoms with Crippen molar-refractivity contribution in [3.8, 4) is 5.75 Å². The Balaban J connectivity index is 1.25. The first-order valence-corrected chi connectivity index (χ1v) is 14.5. The number of fused-ring (bicyclic) bond motifs is 9. The molecular weight excluding hydrogens is 514 g/mol. The quantitative estimate of drug-likeness (QED) is 0.569. The van der Waals surface area contributed by atoms with Crippen LogP contribution >= 0.6 is 23.1 Å². The minimum atomic E-state index is -0.843. The van der Waals surface area contributed by atoms with E-state index in [1.165, 1.54) is 4.90 Å². The van der Waals surface area contributed by atoms with Gasteiger partial charge in [-0.05, 0) is 37.2 Å². The second-order valence-corrected chi connectivity index (χ2v) is 12.9. The highest BCUT2D eigenvalue weighted by Crippen LogP contribution is 2.69. The number of nitrogens with zero attached hydrogens (tertiary/aromatic N) is 2. The average molecular weight is 542 g/mol. The number of benzene rings is 1. The largest absolute Gasteiger partial charge is 0.508 e. The Labute approximate surface area is 221 Å². The first kappa shape index (κ1) is 23.5. The Bertz CT molecular complexity index is 1370. The van der Waals surface area contributed by atoms with E-state index in [-0.39, 0.29) is 57.3 Å². The number of hydrogen-bond acceptors (Lipinski definition) is 8. The first-order valence-electron chi connectivity index (χ1n) is 12.8. The van der Waals surface area contributed by atoms with Crippen LogP contribution < -0.4 is 4.87 Å². The third-order valence-electron chi connectivity index (χ3n) is 9.10. The molecule has 2 saturated heterocycles. The van der Waals surface area contributed by atoms with Crippen LogP contribution in [0.2, 0.25) is 0 Å². The minimum Gasteiger partial charge on any atom is -0.508 e. The van der Waals surface area contributed by atoms with E-state index in [1.54, 1.807) is 35.7 Å². The van der Waals surface area contributed by atoms with Crippen molar-refractivity contribution in [2.75, 3.05) is 26.3 Å². The number of aromatic hydroxyl groups is 1. The van der Waals surface area contributed by atoms with Crippen molar-refractivity contribution in [1.82, 2.24) is 14.8 Å². The Morgan fingerprint density at radius 3 is 2.54 bits per heavy atom. The van der Waals surface area contributed by atoms with E-state index < -0.39 is 17.9 Å². The van der Waals surface area contributed by atoms with Crippen LogP contribution in [0.5, 0.6) is 5.75 Å². The fraction of sp³-hybridized carbons (Fsp3) is 0.538. The van der Waals surface area contributed by atoms with Gasteiger partial charge in [0.1, 0.15) is 11.8 Å². The van der Waals surface area contributed by atoms with Crippen molar-refractivity contribution in [3.63, 3.8) is 0 Å². The summed E-state index contributed by atoms with van der Waals surface area (Å²) in [6, 6.07) is 6.35. The van der Waals surface area contributed by atoms with Crippen LogP contribution in [0, 0.1) is 29.6 Å². The smallest absolute Gasteiger partial charge is 0.305 e. The number of ether oxygens (including phenoxy) is 1. The van der Waals surface area contributed by atoms with Crippen molar-refractivity contribution in [2.24, 2.45) is 29.6 Å². The number of phenols is 1. The number of thioether (sulfide) groups is 1. The second kappa shape index (κ2) is 8.44. The molecule has 4 fully saturated rings. The number of carbonyl (C=O) groups is 3.